The number of carbonyl (C=O) groups is 2. The highest BCUT2D eigenvalue weighted by molar-refractivity contribution is 6.01. The van der Waals surface area contributed by atoms with Gasteiger partial charge >= 0.3 is 5.97 Å². The number of rotatable bonds is 3. The van der Waals surface area contributed by atoms with Crippen LogP contribution >= 0.6 is 0 Å². The van der Waals surface area contributed by atoms with Gasteiger partial charge in [0.15, 0.2) is 5.65 Å². The number of piperidine rings is 1. The van der Waals surface area contributed by atoms with Gasteiger partial charge in [0, 0.05) is 24.5 Å². The lowest BCUT2D eigenvalue weighted by Crippen LogP contribution is -2.39. The Bertz CT molecular complexity index is 1120. The van der Waals surface area contributed by atoms with Crippen molar-refractivity contribution in [1.82, 2.24) is 29.3 Å². The molecule has 1 aliphatic heterocycles. The number of fused-ring (bicyclic) bond motifs is 1. The van der Waals surface area contributed by atoms with Crippen LogP contribution in [0.1, 0.15) is 62.4 Å². The second kappa shape index (κ2) is 6.98. The van der Waals surface area contributed by atoms with E-state index in [1.165, 1.54) is 6.20 Å². The summed E-state index contributed by atoms with van der Waals surface area (Å²) in [5, 5.41) is 18.0. The number of likely N-dealkylation sites (tertiary alicyclic amines) is 1. The summed E-state index contributed by atoms with van der Waals surface area (Å²) in [6, 6.07) is 2.02. The minimum Gasteiger partial charge on any atom is -0.478 e. The van der Waals surface area contributed by atoms with Crippen molar-refractivity contribution in [3.05, 3.63) is 46.2 Å². The Kier molecular flexibility index (Phi) is 4.60. The first-order valence-corrected chi connectivity index (χ1v) is 9.68. The monoisotopic (exact) mass is 396 g/mol. The number of aryl methyl sites for hydroxylation is 3. The zero-order chi connectivity index (χ0) is 20.9. The molecule has 9 heteroatoms. The molecule has 152 valence electrons. The number of hydrogen-bond donors (Lipinski definition) is 1. The third kappa shape index (κ3) is 3.16. The Labute approximate surface area is 168 Å². The third-order valence-corrected chi connectivity index (χ3v) is 5.66. The summed E-state index contributed by atoms with van der Waals surface area (Å²) in [6.45, 7) is 8.62. The van der Waals surface area contributed by atoms with Crippen LogP contribution in [-0.4, -0.2) is 59.4 Å². The van der Waals surface area contributed by atoms with Crippen LogP contribution in [0.15, 0.2) is 12.3 Å². The van der Waals surface area contributed by atoms with E-state index in [-0.39, 0.29) is 17.5 Å². The van der Waals surface area contributed by atoms with Gasteiger partial charge in [0.05, 0.1) is 23.6 Å². The van der Waals surface area contributed by atoms with E-state index in [9.17, 15) is 14.7 Å². The molecule has 1 N–H and O–H groups in total. The maximum absolute atomic E-state index is 13.3. The fourth-order valence-electron chi connectivity index (χ4n) is 4.15. The van der Waals surface area contributed by atoms with Crippen LogP contribution in [0.25, 0.3) is 5.65 Å². The molecule has 1 amide bonds. The van der Waals surface area contributed by atoms with Crippen molar-refractivity contribution in [2.45, 2.75) is 46.6 Å². The molecule has 29 heavy (non-hydrogen) atoms. The molecule has 0 atom stereocenters. The fraction of sp³-hybridized carbons (Fsp3) is 0.450. The lowest BCUT2D eigenvalue weighted by molar-refractivity contribution is 0.0688. The predicted octanol–water partition coefficient (Wildman–Crippen LogP) is 2.33. The SMILES string of the molecule is Cc1cc(C)n2nc(C)c(C(=O)N3CCC(n4ncc(C(=O)O)c4C)CC3)c2n1. The standard InChI is InChI=1S/C20H24N6O3/c1-11-9-12(2)25-18(22-11)17(13(3)23-25)19(27)24-7-5-15(6-8-24)26-14(4)16(10-21-26)20(28)29/h9-10,15H,5-8H2,1-4H3,(H,28,29). The second-order valence-corrected chi connectivity index (χ2v) is 7.65. The second-order valence-electron chi connectivity index (χ2n) is 7.65. The first-order chi connectivity index (χ1) is 13.8. The van der Waals surface area contributed by atoms with Gasteiger partial charge in [0.1, 0.15) is 11.1 Å². The van der Waals surface area contributed by atoms with E-state index < -0.39 is 5.97 Å². The molecule has 0 aromatic carbocycles. The Hall–Kier alpha value is -3.23. The van der Waals surface area contributed by atoms with Crippen molar-refractivity contribution in [3.63, 3.8) is 0 Å². The van der Waals surface area contributed by atoms with E-state index in [1.807, 2.05) is 31.7 Å². The van der Waals surface area contributed by atoms with Gasteiger partial charge < -0.3 is 10.0 Å². The molecule has 0 spiro atoms. The summed E-state index contributed by atoms with van der Waals surface area (Å²) in [5.41, 5.74) is 4.49. The number of amides is 1. The molecule has 0 bridgehead atoms. The molecule has 1 aliphatic rings. The third-order valence-electron chi connectivity index (χ3n) is 5.66. The normalized spacial score (nSPS) is 15.2. The quantitative estimate of drug-likeness (QED) is 0.728. The van der Waals surface area contributed by atoms with Crippen molar-refractivity contribution in [2.75, 3.05) is 13.1 Å². The lowest BCUT2D eigenvalue weighted by Gasteiger charge is -2.32. The molecule has 0 unspecified atom stereocenters. The average molecular weight is 396 g/mol. The number of carboxylic acid groups (broad SMARTS) is 1. The van der Waals surface area contributed by atoms with Gasteiger partial charge in [-0.15, -0.1) is 0 Å². The van der Waals surface area contributed by atoms with Gasteiger partial charge in [-0.2, -0.15) is 10.2 Å². The topological polar surface area (TPSA) is 106 Å². The van der Waals surface area contributed by atoms with Gasteiger partial charge in [0.2, 0.25) is 0 Å². The summed E-state index contributed by atoms with van der Waals surface area (Å²) in [4.78, 5) is 30.9. The molecule has 0 saturated carbocycles. The maximum atomic E-state index is 13.3. The summed E-state index contributed by atoms with van der Waals surface area (Å²) < 4.78 is 3.50. The zero-order valence-electron chi connectivity index (χ0n) is 17.0. The van der Waals surface area contributed by atoms with Crippen LogP contribution in [0.3, 0.4) is 0 Å². The molecular weight excluding hydrogens is 372 g/mol. The Morgan fingerprint density at radius 2 is 1.83 bits per heavy atom. The van der Waals surface area contributed by atoms with E-state index in [2.05, 4.69) is 15.2 Å². The molecule has 0 radical (unpaired) electrons. The summed E-state index contributed by atoms with van der Waals surface area (Å²) in [7, 11) is 0. The molecule has 4 heterocycles. The molecule has 4 rings (SSSR count). The number of aromatic nitrogens is 5. The van der Waals surface area contributed by atoms with Crippen molar-refractivity contribution in [3.8, 4) is 0 Å². The number of nitrogens with zero attached hydrogens (tertiary/aromatic N) is 6. The Morgan fingerprint density at radius 1 is 1.14 bits per heavy atom. The predicted molar refractivity (Wildman–Crippen MR) is 105 cm³/mol. The van der Waals surface area contributed by atoms with Crippen molar-refractivity contribution in [2.24, 2.45) is 0 Å². The van der Waals surface area contributed by atoms with Gasteiger partial charge in [-0.1, -0.05) is 0 Å². The van der Waals surface area contributed by atoms with Gasteiger partial charge in [0.25, 0.3) is 5.91 Å². The van der Waals surface area contributed by atoms with Gasteiger partial charge in [-0.05, 0) is 46.6 Å². The van der Waals surface area contributed by atoms with Crippen LogP contribution in [0.5, 0.6) is 0 Å². The average Bonchev–Trinajstić information content (AvgIpc) is 3.21. The summed E-state index contributed by atoms with van der Waals surface area (Å²) >= 11 is 0. The highest BCUT2D eigenvalue weighted by Gasteiger charge is 2.30. The van der Waals surface area contributed by atoms with Gasteiger partial charge in [-0.25, -0.2) is 14.3 Å². The number of carbonyl (C=O) groups excluding carboxylic acids is 1. The highest BCUT2D eigenvalue weighted by Crippen LogP contribution is 2.27. The van der Waals surface area contributed by atoms with E-state index in [0.717, 1.165) is 24.2 Å². The summed E-state index contributed by atoms with van der Waals surface area (Å²) in [5.74, 6) is -1.03. The smallest absolute Gasteiger partial charge is 0.339 e. The van der Waals surface area contributed by atoms with E-state index in [4.69, 9.17) is 0 Å². The minimum atomic E-state index is -0.969. The first kappa shape index (κ1) is 19.1. The minimum absolute atomic E-state index is 0.0585. The van der Waals surface area contributed by atoms with E-state index in [1.54, 1.807) is 16.1 Å². The largest absolute Gasteiger partial charge is 0.478 e. The Balaban J connectivity index is 1.55. The van der Waals surface area contributed by atoms with Crippen LogP contribution in [0.2, 0.25) is 0 Å². The van der Waals surface area contributed by atoms with E-state index in [0.29, 0.717) is 35.7 Å². The van der Waals surface area contributed by atoms with Crippen LogP contribution in [0, 0.1) is 27.7 Å². The van der Waals surface area contributed by atoms with Crippen molar-refractivity contribution in [1.29, 1.82) is 0 Å². The first-order valence-electron chi connectivity index (χ1n) is 9.68. The number of carboxylic acids is 1. The molecule has 1 saturated heterocycles. The van der Waals surface area contributed by atoms with E-state index >= 15 is 0 Å². The highest BCUT2D eigenvalue weighted by atomic mass is 16.4. The van der Waals surface area contributed by atoms with Crippen LogP contribution < -0.4 is 0 Å². The lowest BCUT2D eigenvalue weighted by atomic mass is 10.0. The number of aromatic carboxylic acids is 1. The zero-order valence-corrected chi connectivity index (χ0v) is 17.0. The maximum Gasteiger partial charge on any atom is 0.339 e. The van der Waals surface area contributed by atoms with Crippen LogP contribution in [0.4, 0.5) is 0 Å². The Morgan fingerprint density at radius 3 is 2.45 bits per heavy atom. The molecule has 3 aromatic heterocycles. The fourth-order valence-corrected chi connectivity index (χ4v) is 4.15. The molecular formula is C20H24N6O3. The van der Waals surface area contributed by atoms with Crippen molar-refractivity contribution < 1.29 is 14.7 Å². The molecule has 1 fully saturated rings. The number of hydrogen-bond acceptors (Lipinski definition) is 5. The van der Waals surface area contributed by atoms with Gasteiger partial charge in [-0.3, -0.25) is 9.48 Å². The van der Waals surface area contributed by atoms with Crippen LogP contribution in [-0.2, 0) is 0 Å². The molecule has 0 aliphatic carbocycles. The molecule has 3 aromatic rings. The molecule has 9 nitrogen and oxygen atoms in total. The summed E-state index contributed by atoms with van der Waals surface area (Å²) in [6.07, 6.45) is 2.84. The van der Waals surface area contributed by atoms with Crippen molar-refractivity contribution >= 4 is 17.5 Å².